The van der Waals surface area contributed by atoms with Gasteiger partial charge in [-0.25, -0.2) is 0 Å². The minimum Gasteiger partial charge on any atom is -0.393 e. The fourth-order valence-corrected chi connectivity index (χ4v) is 9.32. The molecular weight excluding hydrogens is 400 g/mol. The lowest BCUT2D eigenvalue weighted by atomic mass is 9.42. The van der Waals surface area contributed by atoms with E-state index in [0.717, 1.165) is 31.6 Å². The van der Waals surface area contributed by atoms with Crippen molar-refractivity contribution >= 4 is 0 Å². The van der Waals surface area contributed by atoms with Gasteiger partial charge < -0.3 is 20.4 Å². The van der Waals surface area contributed by atoms with Gasteiger partial charge in [-0.1, -0.05) is 54.4 Å². The normalized spacial score (nSPS) is 52.8. The second-order valence-electron chi connectivity index (χ2n) is 13.5. The fourth-order valence-electron chi connectivity index (χ4n) is 9.32. The Labute approximate surface area is 196 Å². The standard InChI is InChI=1S/C28H50O4/c1-16(2)17(3)7-8-18(4)22-14-23(30)25-20-13-24(31)28(32)15-19(29)9-12-27(28,6)21(20)10-11-26(22,25)5/h16-25,29-32H,7-15H2,1-6H3/t17-,18+,19-,20+,21-,22+,23-,24+,25+,26+,27+,28-/m0/s1. The summed E-state index contributed by atoms with van der Waals surface area (Å²) in [6.07, 6.45) is 6.20. The van der Waals surface area contributed by atoms with Gasteiger partial charge in [-0.3, -0.25) is 0 Å². The molecule has 12 atom stereocenters. The Morgan fingerprint density at radius 2 is 1.59 bits per heavy atom. The van der Waals surface area contributed by atoms with Crippen LogP contribution >= 0.6 is 0 Å². The molecule has 0 heterocycles. The summed E-state index contributed by atoms with van der Waals surface area (Å²) in [5.74, 6) is 3.35. The molecule has 4 aliphatic rings. The van der Waals surface area contributed by atoms with Crippen molar-refractivity contribution in [3.05, 3.63) is 0 Å². The summed E-state index contributed by atoms with van der Waals surface area (Å²) in [4.78, 5) is 0. The zero-order valence-electron chi connectivity index (χ0n) is 21.4. The molecule has 32 heavy (non-hydrogen) atoms. The van der Waals surface area contributed by atoms with Crippen molar-refractivity contribution in [3.8, 4) is 0 Å². The number of rotatable bonds is 5. The first kappa shape index (κ1) is 24.9. The van der Waals surface area contributed by atoms with Crippen LogP contribution in [-0.4, -0.2) is 44.3 Å². The van der Waals surface area contributed by atoms with E-state index in [1.54, 1.807) is 0 Å². The number of aliphatic hydroxyl groups is 4. The first-order chi connectivity index (χ1) is 14.8. The largest absolute Gasteiger partial charge is 0.393 e. The molecule has 0 saturated heterocycles. The number of hydrogen-bond acceptors (Lipinski definition) is 4. The van der Waals surface area contributed by atoms with Gasteiger partial charge in [-0.05, 0) is 85.4 Å². The Hall–Kier alpha value is -0.160. The molecule has 0 unspecified atom stereocenters. The lowest BCUT2D eigenvalue weighted by Crippen LogP contribution is -2.69. The molecule has 0 aromatic heterocycles. The van der Waals surface area contributed by atoms with Crippen LogP contribution < -0.4 is 0 Å². The van der Waals surface area contributed by atoms with E-state index in [9.17, 15) is 20.4 Å². The van der Waals surface area contributed by atoms with Crippen LogP contribution in [-0.2, 0) is 0 Å². The predicted octanol–water partition coefficient (Wildman–Crippen LogP) is 4.77. The maximum Gasteiger partial charge on any atom is 0.0985 e. The third-order valence-electron chi connectivity index (χ3n) is 11.8. The highest BCUT2D eigenvalue weighted by Crippen LogP contribution is 2.69. The molecule has 4 N–H and O–H groups in total. The lowest BCUT2D eigenvalue weighted by molar-refractivity contribution is -0.268. The molecule has 4 saturated carbocycles. The number of aliphatic hydroxyl groups excluding tert-OH is 3. The van der Waals surface area contributed by atoms with Gasteiger partial charge in [0.05, 0.1) is 23.9 Å². The average molecular weight is 451 g/mol. The third-order valence-corrected chi connectivity index (χ3v) is 11.8. The van der Waals surface area contributed by atoms with Crippen molar-refractivity contribution in [1.82, 2.24) is 0 Å². The molecule has 4 heteroatoms. The second-order valence-corrected chi connectivity index (χ2v) is 13.5. The van der Waals surface area contributed by atoms with Crippen molar-refractivity contribution in [2.45, 2.75) is 123 Å². The predicted molar refractivity (Wildman–Crippen MR) is 128 cm³/mol. The highest BCUT2D eigenvalue weighted by Gasteiger charge is 2.68. The van der Waals surface area contributed by atoms with Crippen molar-refractivity contribution in [2.24, 2.45) is 52.3 Å². The molecule has 4 fully saturated rings. The zero-order valence-corrected chi connectivity index (χ0v) is 21.4. The molecule has 0 amide bonds. The van der Waals surface area contributed by atoms with Gasteiger partial charge in [0, 0.05) is 11.8 Å². The Balaban J connectivity index is 1.57. The zero-order chi connectivity index (χ0) is 23.6. The molecule has 186 valence electrons. The summed E-state index contributed by atoms with van der Waals surface area (Å²) in [6, 6.07) is 0. The quantitative estimate of drug-likeness (QED) is 0.486. The number of hydrogen-bond donors (Lipinski definition) is 4. The van der Waals surface area contributed by atoms with Crippen molar-refractivity contribution < 1.29 is 20.4 Å². The van der Waals surface area contributed by atoms with E-state index in [4.69, 9.17) is 0 Å². The van der Waals surface area contributed by atoms with E-state index in [2.05, 4.69) is 41.5 Å². The highest BCUT2D eigenvalue weighted by molar-refractivity contribution is 5.18. The molecule has 0 spiro atoms. The summed E-state index contributed by atoms with van der Waals surface area (Å²) >= 11 is 0. The molecule has 0 aromatic rings. The molecule has 0 radical (unpaired) electrons. The SMILES string of the molecule is CC(C)[C@@H](C)CC[C@@H](C)[C@H]1C[C@H](O)[C@H]2[C@@H]3C[C@@H](O)[C@@]4(O)C[C@@H](O)CC[C@]4(C)[C@H]3CC[C@@]21C. The molecule has 4 rings (SSSR count). The Kier molecular flexibility index (Phi) is 6.63. The lowest BCUT2D eigenvalue weighted by Gasteiger charge is -2.65. The van der Waals surface area contributed by atoms with Crippen LogP contribution in [0.25, 0.3) is 0 Å². The fraction of sp³-hybridized carbons (Fsp3) is 1.00. The molecule has 0 aromatic carbocycles. The Morgan fingerprint density at radius 1 is 0.906 bits per heavy atom. The summed E-state index contributed by atoms with van der Waals surface area (Å²) in [5, 5.41) is 44.5. The second kappa shape index (κ2) is 8.50. The Morgan fingerprint density at radius 3 is 2.25 bits per heavy atom. The smallest absolute Gasteiger partial charge is 0.0985 e. The van der Waals surface area contributed by atoms with Crippen LogP contribution in [0.15, 0.2) is 0 Å². The first-order valence-corrected chi connectivity index (χ1v) is 13.6. The summed E-state index contributed by atoms with van der Waals surface area (Å²) in [6.45, 7) is 14.0. The summed E-state index contributed by atoms with van der Waals surface area (Å²) in [5.41, 5.74) is -1.48. The molecular formula is C28H50O4. The van der Waals surface area contributed by atoms with Crippen LogP contribution in [0, 0.1) is 52.3 Å². The van der Waals surface area contributed by atoms with Crippen LogP contribution in [0.5, 0.6) is 0 Å². The maximum absolute atomic E-state index is 11.6. The summed E-state index contributed by atoms with van der Waals surface area (Å²) < 4.78 is 0. The van der Waals surface area contributed by atoms with E-state index >= 15 is 0 Å². The Bertz CT molecular complexity index is 680. The number of fused-ring (bicyclic) bond motifs is 5. The van der Waals surface area contributed by atoms with Gasteiger partial charge in [0.15, 0.2) is 0 Å². The van der Waals surface area contributed by atoms with Gasteiger partial charge in [0.2, 0.25) is 0 Å². The van der Waals surface area contributed by atoms with Crippen LogP contribution in [0.3, 0.4) is 0 Å². The van der Waals surface area contributed by atoms with E-state index in [0.29, 0.717) is 36.5 Å². The van der Waals surface area contributed by atoms with Gasteiger partial charge in [0.25, 0.3) is 0 Å². The van der Waals surface area contributed by atoms with Crippen LogP contribution in [0.1, 0.15) is 99.3 Å². The monoisotopic (exact) mass is 450 g/mol. The average Bonchev–Trinajstić information content (AvgIpc) is 2.99. The highest BCUT2D eigenvalue weighted by atomic mass is 16.3. The third kappa shape index (κ3) is 3.62. The van der Waals surface area contributed by atoms with E-state index < -0.39 is 17.8 Å². The molecule has 4 nitrogen and oxygen atoms in total. The van der Waals surface area contributed by atoms with Gasteiger partial charge >= 0.3 is 0 Å². The van der Waals surface area contributed by atoms with Crippen molar-refractivity contribution in [3.63, 3.8) is 0 Å². The van der Waals surface area contributed by atoms with Crippen LogP contribution in [0.4, 0.5) is 0 Å². The minimum atomic E-state index is -1.21. The van der Waals surface area contributed by atoms with Crippen molar-refractivity contribution in [2.75, 3.05) is 0 Å². The van der Waals surface area contributed by atoms with E-state index in [1.165, 1.54) is 12.8 Å². The first-order valence-electron chi connectivity index (χ1n) is 13.6. The summed E-state index contributed by atoms with van der Waals surface area (Å²) in [7, 11) is 0. The minimum absolute atomic E-state index is 0.112. The van der Waals surface area contributed by atoms with Gasteiger partial charge in [-0.2, -0.15) is 0 Å². The molecule has 0 aliphatic heterocycles. The van der Waals surface area contributed by atoms with Crippen molar-refractivity contribution in [1.29, 1.82) is 0 Å². The molecule has 4 aliphatic carbocycles. The molecule has 0 bridgehead atoms. The maximum atomic E-state index is 11.6. The van der Waals surface area contributed by atoms with Crippen LogP contribution in [0.2, 0.25) is 0 Å². The van der Waals surface area contributed by atoms with Gasteiger partial charge in [0.1, 0.15) is 0 Å². The topological polar surface area (TPSA) is 80.9 Å². The van der Waals surface area contributed by atoms with Gasteiger partial charge in [-0.15, -0.1) is 0 Å². The van der Waals surface area contributed by atoms with E-state index in [1.807, 2.05) is 0 Å². The van der Waals surface area contributed by atoms with E-state index in [-0.39, 0.29) is 35.2 Å².